The first-order valence-electron chi connectivity index (χ1n) is 8.88. The number of nitrogens with one attached hydrogen (secondary N) is 2. The zero-order chi connectivity index (χ0) is 18.4. The highest BCUT2D eigenvalue weighted by atomic mass is 79.9. The van der Waals surface area contributed by atoms with E-state index in [9.17, 15) is 9.59 Å². The van der Waals surface area contributed by atoms with Crippen molar-refractivity contribution in [2.24, 2.45) is 5.92 Å². The van der Waals surface area contributed by atoms with E-state index < -0.39 is 0 Å². The van der Waals surface area contributed by atoms with Gasteiger partial charge in [-0.3, -0.25) is 14.9 Å². The summed E-state index contributed by atoms with van der Waals surface area (Å²) in [5, 5.41) is 7.86. The molecular formula is C18H22BrN3O3S. The Morgan fingerprint density at radius 3 is 2.85 bits per heavy atom. The van der Waals surface area contributed by atoms with Gasteiger partial charge in [-0.2, -0.15) is 0 Å². The van der Waals surface area contributed by atoms with E-state index >= 15 is 0 Å². The molecule has 1 aliphatic rings. The maximum absolute atomic E-state index is 12.0. The van der Waals surface area contributed by atoms with Gasteiger partial charge >= 0.3 is 0 Å². The Hall–Kier alpha value is -1.67. The lowest BCUT2D eigenvalue weighted by Crippen LogP contribution is -2.26. The van der Waals surface area contributed by atoms with E-state index in [1.807, 2.05) is 0 Å². The molecule has 0 bridgehead atoms. The van der Waals surface area contributed by atoms with Crippen LogP contribution in [0, 0.1) is 5.92 Å². The van der Waals surface area contributed by atoms with E-state index in [-0.39, 0.29) is 24.0 Å². The monoisotopic (exact) mass is 439 g/mol. The van der Waals surface area contributed by atoms with Crippen molar-refractivity contribution >= 4 is 44.2 Å². The second-order valence-corrected chi connectivity index (χ2v) is 8.16. The first-order valence-corrected chi connectivity index (χ1v) is 10.5. The molecule has 3 rings (SSSR count). The minimum Gasteiger partial charge on any atom is -0.444 e. The summed E-state index contributed by atoms with van der Waals surface area (Å²) in [7, 11) is 0. The van der Waals surface area contributed by atoms with Crippen molar-refractivity contribution in [3.63, 3.8) is 0 Å². The average Bonchev–Trinajstić information content (AvgIpc) is 3.34. The molecular weight excluding hydrogens is 418 g/mol. The number of nitrogens with zero attached hydrogens (tertiary/aromatic N) is 1. The Labute approximate surface area is 164 Å². The van der Waals surface area contributed by atoms with Gasteiger partial charge in [0.05, 0.1) is 12.1 Å². The maximum Gasteiger partial charge on any atom is 0.293 e. The lowest BCUT2D eigenvalue weighted by atomic mass is 10.0. The normalized spacial score (nSPS) is 14.5. The Morgan fingerprint density at radius 2 is 2.12 bits per heavy atom. The van der Waals surface area contributed by atoms with Gasteiger partial charge in [0, 0.05) is 11.9 Å². The van der Waals surface area contributed by atoms with Crippen LogP contribution in [0.4, 0.5) is 5.13 Å². The van der Waals surface area contributed by atoms with Crippen molar-refractivity contribution < 1.29 is 14.0 Å². The van der Waals surface area contributed by atoms with Crippen LogP contribution in [0.1, 0.15) is 54.8 Å². The third-order valence-corrected chi connectivity index (χ3v) is 5.73. The van der Waals surface area contributed by atoms with E-state index in [2.05, 4.69) is 31.5 Å². The van der Waals surface area contributed by atoms with Crippen molar-refractivity contribution in [3.8, 4) is 0 Å². The summed E-state index contributed by atoms with van der Waals surface area (Å²) in [6, 6.07) is 3.23. The van der Waals surface area contributed by atoms with Crippen LogP contribution in [0.5, 0.6) is 0 Å². The Bertz CT molecular complexity index is 752. The van der Waals surface area contributed by atoms with Gasteiger partial charge in [0.15, 0.2) is 15.6 Å². The van der Waals surface area contributed by atoms with Gasteiger partial charge in [-0.15, -0.1) is 11.3 Å². The number of furan rings is 1. The summed E-state index contributed by atoms with van der Waals surface area (Å²) in [6.07, 6.45) is 7.87. The molecule has 0 unspecified atom stereocenters. The van der Waals surface area contributed by atoms with E-state index in [1.54, 1.807) is 17.5 Å². The van der Waals surface area contributed by atoms with Crippen LogP contribution in [0.3, 0.4) is 0 Å². The smallest absolute Gasteiger partial charge is 0.293 e. The number of rotatable bonds is 8. The largest absolute Gasteiger partial charge is 0.444 e. The molecule has 0 radical (unpaired) electrons. The number of aromatic nitrogens is 1. The van der Waals surface area contributed by atoms with Crippen LogP contribution >= 0.6 is 27.3 Å². The summed E-state index contributed by atoms with van der Waals surface area (Å²) in [6.45, 7) is 0.719. The van der Waals surface area contributed by atoms with E-state index in [0.717, 1.165) is 18.9 Å². The van der Waals surface area contributed by atoms with Crippen LogP contribution in [-0.4, -0.2) is 23.3 Å². The standard InChI is InChI=1S/C18H22BrN3O3S/c19-15-8-7-14(25-15)17(24)22-18-21-13(11-26-18)10-16(23)20-9-3-6-12-4-1-2-5-12/h7-8,11-12H,1-6,9-10H2,(H,20,23)(H,21,22,24). The van der Waals surface area contributed by atoms with Crippen molar-refractivity contribution in [1.29, 1.82) is 0 Å². The maximum atomic E-state index is 12.0. The lowest BCUT2D eigenvalue weighted by Gasteiger charge is -2.08. The number of thiazole rings is 1. The molecule has 26 heavy (non-hydrogen) atoms. The summed E-state index contributed by atoms with van der Waals surface area (Å²) >= 11 is 4.45. The van der Waals surface area contributed by atoms with Gasteiger partial charge in [0.2, 0.25) is 5.91 Å². The molecule has 2 heterocycles. The molecule has 0 saturated heterocycles. The quantitative estimate of drug-likeness (QED) is 0.597. The molecule has 1 fully saturated rings. The van der Waals surface area contributed by atoms with Crippen molar-refractivity contribution in [2.75, 3.05) is 11.9 Å². The first-order chi connectivity index (χ1) is 12.6. The SMILES string of the molecule is O=C(Cc1csc(NC(=O)c2ccc(Br)o2)n1)NCCCC1CCCC1. The van der Waals surface area contributed by atoms with Gasteiger partial charge in [-0.1, -0.05) is 25.7 Å². The molecule has 0 spiro atoms. The fourth-order valence-electron chi connectivity index (χ4n) is 3.19. The van der Waals surface area contributed by atoms with Gasteiger partial charge < -0.3 is 9.73 Å². The molecule has 2 N–H and O–H groups in total. The predicted octanol–water partition coefficient (Wildman–Crippen LogP) is 4.38. The predicted molar refractivity (Wildman–Crippen MR) is 104 cm³/mol. The zero-order valence-electron chi connectivity index (χ0n) is 14.4. The third kappa shape index (κ3) is 5.67. The Morgan fingerprint density at radius 1 is 1.31 bits per heavy atom. The molecule has 6 nitrogen and oxygen atoms in total. The number of anilines is 1. The van der Waals surface area contributed by atoms with E-state index in [0.29, 0.717) is 15.5 Å². The molecule has 0 aromatic carbocycles. The second-order valence-electron chi connectivity index (χ2n) is 6.52. The van der Waals surface area contributed by atoms with Crippen LogP contribution < -0.4 is 10.6 Å². The second kappa shape index (κ2) is 9.32. The number of carbonyl (C=O) groups excluding carboxylic acids is 2. The topological polar surface area (TPSA) is 84.2 Å². The fraction of sp³-hybridized carbons (Fsp3) is 0.500. The molecule has 2 aromatic heterocycles. The molecule has 1 saturated carbocycles. The number of carbonyl (C=O) groups is 2. The number of hydrogen-bond donors (Lipinski definition) is 2. The Kier molecular flexibility index (Phi) is 6.85. The Balaban J connectivity index is 1.38. The number of amides is 2. The molecule has 0 atom stereocenters. The summed E-state index contributed by atoms with van der Waals surface area (Å²) < 4.78 is 5.69. The molecule has 140 valence electrons. The number of halogens is 1. The minimum absolute atomic E-state index is 0.0328. The van der Waals surface area contributed by atoms with Crippen molar-refractivity contribution in [3.05, 3.63) is 33.6 Å². The lowest BCUT2D eigenvalue weighted by molar-refractivity contribution is -0.120. The molecule has 2 amide bonds. The van der Waals surface area contributed by atoms with Crippen LogP contribution in [0.25, 0.3) is 0 Å². The highest BCUT2D eigenvalue weighted by Crippen LogP contribution is 2.28. The molecule has 1 aliphatic carbocycles. The van der Waals surface area contributed by atoms with Crippen LogP contribution in [0.2, 0.25) is 0 Å². The summed E-state index contributed by atoms with van der Waals surface area (Å²) in [4.78, 5) is 28.3. The minimum atomic E-state index is -0.368. The van der Waals surface area contributed by atoms with Crippen molar-refractivity contribution in [2.45, 2.75) is 44.9 Å². The summed E-state index contributed by atoms with van der Waals surface area (Å²) in [5.74, 6) is 0.655. The van der Waals surface area contributed by atoms with E-state index in [1.165, 1.54) is 43.4 Å². The highest BCUT2D eigenvalue weighted by molar-refractivity contribution is 9.10. The highest BCUT2D eigenvalue weighted by Gasteiger charge is 2.15. The number of hydrogen-bond acceptors (Lipinski definition) is 5. The third-order valence-electron chi connectivity index (χ3n) is 4.50. The van der Waals surface area contributed by atoms with E-state index in [4.69, 9.17) is 4.42 Å². The van der Waals surface area contributed by atoms with Gasteiger partial charge in [0.1, 0.15) is 0 Å². The van der Waals surface area contributed by atoms with Crippen LogP contribution in [0.15, 0.2) is 26.6 Å². The molecule has 2 aromatic rings. The average molecular weight is 440 g/mol. The summed E-state index contributed by atoms with van der Waals surface area (Å²) in [5.41, 5.74) is 0.652. The van der Waals surface area contributed by atoms with Gasteiger partial charge in [-0.25, -0.2) is 4.98 Å². The molecule has 0 aliphatic heterocycles. The molecule has 8 heteroatoms. The van der Waals surface area contributed by atoms with Gasteiger partial charge in [-0.05, 0) is 46.8 Å². The van der Waals surface area contributed by atoms with Gasteiger partial charge in [0.25, 0.3) is 5.91 Å². The fourth-order valence-corrected chi connectivity index (χ4v) is 4.20. The van der Waals surface area contributed by atoms with Crippen LogP contribution in [-0.2, 0) is 11.2 Å². The first kappa shape index (κ1) is 19.1. The zero-order valence-corrected chi connectivity index (χ0v) is 16.8. The van der Waals surface area contributed by atoms with Crippen molar-refractivity contribution in [1.82, 2.24) is 10.3 Å².